The third-order valence-electron chi connectivity index (χ3n) is 4.58. The van der Waals surface area contributed by atoms with Gasteiger partial charge in [-0.2, -0.15) is 0 Å². The molecule has 0 bridgehead atoms. The van der Waals surface area contributed by atoms with Crippen molar-refractivity contribution >= 4 is 23.7 Å². The standard InChI is InChI=1S/C18H32N4O7/c1-9(2)7-12(20-15(25)11-5-4-6-19-11)16(26)21-13(8-23)17(27)22-14(10(3)24)18(28)29/h9-14,19,23-24H,4-8H2,1-3H3,(H,20,25)(H,21,26)(H,22,27)(H,28,29). The van der Waals surface area contributed by atoms with Crippen LogP contribution in [0.2, 0.25) is 0 Å². The summed E-state index contributed by atoms with van der Waals surface area (Å²) in [6.07, 6.45) is 0.466. The molecular weight excluding hydrogens is 384 g/mol. The third kappa shape index (κ3) is 7.95. The Morgan fingerprint density at radius 1 is 1.03 bits per heavy atom. The van der Waals surface area contributed by atoms with Crippen LogP contribution in [0.15, 0.2) is 0 Å². The zero-order valence-electron chi connectivity index (χ0n) is 17.0. The van der Waals surface area contributed by atoms with Gasteiger partial charge < -0.3 is 36.6 Å². The monoisotopic (exact) mass is 416 g/mol. The van der Waals surface area contributed by atoms with Gasteiger partial charge in [0.05, 0.1) is 18.8 Å². The van der Waals surface area contributed by atoms with Gasteiger partial charge in [0.25, 0.3) is 0 Å². The van der Waals surface area contributed by atoms with Crippen LogP contribution in [0.4, 0.5) is 0 Å². The lowest BCUT2D eigenvalue weighted by Crippen LogP contribution is -2.59. The second-order valence-electron chi connectivity index (χ2n) is 7.65. The van der Waals surface area contributed by atoms with E-state index in [4.69, 9.17) is 5.11 Å². The largest absolute Gasteiger partial charge is 0.480 e. The number of aliphatic hydroxyl groups excluding tert-OH is 2. The van der Waals surface area contributed by atoms with Gasteiger partial charge in [0, 0.05) is 0 Å². The van der Waals surface area contributed by atoms with E-state index in [1.165, 1.54) is 6.92 Å². The normalized spacial score (nSPS) is 20.4. The van der Waals surface area contributed by atoms with Crippen LogP contribution < -0.4 is 21.3 Å². The SMILES string of the molecule is CC(C)CC(NC(=O)C1CCCN1)C(=O)NC(CO)C(=O)NC(C(=O)O)C(C)O. The van der Waals surface area contributed by atoms with Gasteiger partial charge in [-0.25, -0.2) is 4.79 Å². The summed E-state index contributed by atoms with van der Waals surface area (Å²) in [6.45, 7) is 4.88. The lowest BCUT2D eigenvalue weighted by molar-refractivity contribution is -0.145. The molecule has 11 nitrogen and oxygen atoms in total. The molecule has 0 aromatic heterocycles. The number of hydrogen-bond donors (Lipinski definition) is 7. The fraction of sp³-hybridized carbons (Fsp3) is 0.778. The Labute approximate surface area is 169 Å². The van der Waals surface area contributed by atoms with Crippen molar-refractivity contribution in [2.75, 3.05) is 13.2 Å². The lowest BCUT2D eigenvalue weighted by Gasteiger charge is -2.25. The summed E-state index contributed by atoms with van der Waals surface area (Å²) in [5.74, 6) is -3.32. The van der Waals surface area contributed by atoms with E-state index in [9.17, 15) is 29.4 Å². The molecule has 1 aliphatic heterocycles. The molecule has 5 atom stereocenters. The highest BCUT2D eigenvalue weighted by molar-refractivity contribution is 5.94. The van der Waals surface area contributed by atoms with Crippen LogP contribution >= 0.6 is 0 Å². The van der Waals surface area contributed by atoms with Crippen LogP contribution in [0.3, 0.4) is 0 Å². The Morgan fingerprint density at radius 2 is 1.66 bits per heavy atom. The van der Waals surface area contributed by atoms with Crippen molar-refractivity contribution in [3.63, 3.8) is 0 Å². The summed E-state index contributed by atoms with van der Waals surface area (Å²) in [5.41, 5.74) is 0. The predicted molar refractivity (Wildman–Crippen MR) is 103 cm³/mol. The number of rotatable bonds is 11. The minimum Gasteiger partial charge on any atom is -0.480 e. The van der Waals surface area contributed by atoms with Crippen LogP contribution in [-0.2, 0) is 19.2 Å². The summed E-state index contributed by atoms with van der Waals surface area (Å²) in [4.78, 5) is 48.4. The average Bonchev–Trinajstić information content (AvgIpc) is 3.16. The number of carbonyl (C=O) groups is 4. The van der Waals surface area contributed by atoms with Crippen LogP contribution in [-0.4, -0.2) is 82.4 Å². The number of carboxylic acid groups (broad SMARTS) is 1. The van der Waals surface area contributed by atoms with Gasteiger partial charge in [0.1, 0.15) is 12.1 Å². The smallest absolute Gasteiger partial charge is 0.328 e. The topological polar surface area (TPSA) is 177 Å². The minimum atomic E-state index is -1.59. The van der Waals surface area contributed by atoms with Crippen molar-refractivity contribution in [1.82, 2.24) is 21.3 Å². The summed E-state index contributed by atoms with van der Waals surface area (Å²) in [7, 11) is 0. The van der Waals surface area contributed by atoms with E-state index in [1.54, 1.807) is 0 Å². The minimum absolute atomic E-state index is 0.0654. The first kappa shape index (κ1) is 24.8. The van der Waals surface area contributed by atoms with Crippen molar-refractivity contribution in [2.24, 2.45) is 5.92 Å². The zero-order chi connectivity index (χ0) is 22.1. The van der Waals surface area contributed by atoms with E-state index >= 15 is 0 Å². The first-order chi connectivity index (χ1) is 13.6. The van der Waals surface area contributed by atoms with Gasteiger partial charge >= 0.3 is 5.97 Å². The fourth-order valence-corrected chi connectivity index (χ4v) is 2.99. The molecule has 29 heavy (non-hydrogen) atoms. The molecule has 7 N–H and O–H groups in total. The summed E-state index contributed by atoms with van der Waals surface area (Å²) in [5, 5.41) is 38.1. The maximum Gasteiger partial charge on any atom is 0.328 e. The van der Waals surface area contributed by atoms with Gasteiger partial charge in [-0.1, -0.05) is 13.8 Å². The van der Waals surface area contributed by atoms with Crippen molar-refractivity contribution in [3.05, 3.63) is 0 Å². The molecule has 3 amide bonds. The molecule has 1 fully saturated rings. The number of hydrogen-bond acceptors (Lipinski definition) is 7. The average molecular weight is 416 g/mol. The molecule has 1 heterocycles. The summed E-state index contributed by atoms with van der Waals surface area (Å²) < 4.78 is 0. The number of carboxylic acids is 1. The first-order valence-electron chi connectivity index (χ1n) is 9.73. The molecule has 0 aliphatic carbocycles. The highest BCUT2D eigenvalue weighted by atomic mass is 16.4. The van der Waals surface area contributed by atoms with Crippen molar-refractivity contribution < 1.29 is 34.5 Å². The second-order valence-corrected chi connectivity index (χ2v) is 7.65. The van der Waals surface area contributed by atoms with Crippen molar-refractivity contribution in [1.29, 1.82) is 0 Å². The fourth-order valence-electron chi connectivity index (χ4n) is 2.99. The Hall–Kier alpha value is -2.24. The van der Waals surface area contributed by atoms with Gasteiger partial charge in [-0.05, 0) is 38.6 Å². The molecule has 1 rings (SSSR count). The molecule has 1 aliphatic rings. The number of amides is 3. The number of aliphatic carboxylic acids is 1. The van der Waals surface area contributed by atoms with E-state index in [2.05, 4.69) is 21.3 Å². The van der Waals surface area contributed by atoms with Gasteiger partial charge in [0.2, 0.25) is 17.7 Å². The van der Waals surface area contributed by atoms with Crippen molar-refractivity contribution in [2.45, 2.75) is 70.3 Å². The number of aliphatic hydroxyl groups is 2. The molecule has 5 unspecified atom stereocenters. The second kappa shape index (κ2) is 11.7. The summed E-state index contributed by atoms with van der Waals surface area (Å²) >= 11 is 0. The number of nitrogens with one attached hydrogen (secondary N) is 4. The molecule has 0 saturated carbocycles. The Kier molecular flexibility index (Phi) is 9.99. The summed E-state index contributed by atoms with van der Waals surface area (Å²) in [6, 6.07) is -4.32. The molecule has 11 heteroatoms. The zero-order valence-corrected chi connectivity index (χ0v) is 17.0. The Bertz CT molecular complexity index is 591. The van der Waals surface area contributed by atoms with Crippen LogP contribution in [0.5, 0.6) is 0 Å². The molecule has 1 saturated heterocycles. The maximum absolute atomic E-state index is 12.7. The van der Waals surface area contributed by atoms with E-state index in [0.29, 0.717) is 12.8 Å². The highest BCUT2D eigenvalue weighted by Gasteiger charge is 2.32. The molecule has 0 spiro atoms. The lowest BCUT2D eigenvalue weighted by atomic mass is 10.0. The third-order valence-corrected chi connectivity index (χ3v) is 4.58. The molecule has 0 aromatic rings. The van der Waals surface area contributed by atoms with Gasteiger partial charge in [-0.3, -0.25) is 14.4 Å². The molecule has 166 valence electrons. The van der Waals surface area contributed by atoms with Crippen LogP contribution in [0, 0.1) is 5.92 Å². The van der Waals surface area contributed by atoms with E-state index in [-0.39, 0.29) is 17.9 Å². The van der Waals surface area contributed by atoms with E-state index in [1.807, 2.05) is 13.8 Å². The van der Waals surface area contributed by atoms with Crippen molar-refractivity contribution in [3.8, 4) is 0 Å². The molecule has 0 radical (unpaired) electrons. The van der Waals surface area contributed by atoms with E-state index < -0.39 is 48.6 Å². The van der Waals surface area contributed by atoms with Crippen LogP contribution in [0.1, 0.15) is 40.0 Å². The van der Waals surface area contributed by atoms with Crippen LogP contribution in [0.25, 0.3) is 0 Å². The van der Waals surface area contributed by atoms with E-state index in [0.717, 1.165) is 13.0 Å². The first-order valence-corrected chi connectivity index (χ1v) is 9.73. The maximum atomic E-state index is 12.7. The number of carbonyl (C=O) groups excluding carboxylic acids is 3. The Balaban J connectivity index is 2.79. The van der Waals surface area contributed by atoms with Gasteiger partial charge in [-0.15, -0.1) is 0 Å². The predicted octanol–water partition coefficient (Wildman–Crippen LogP) is -2.30. The molecular formula is C18H32N4O7. The molecule has 0 aromatic carbocycles. The highest BCUT2D eigenvalue weighted by Crippen LogP contribution is 2.09. The quantitative estimate of drug-likeness (QED) is 0.196. The Morgan fingerprint density at radius 3 is 2.10 bits per heavy atom. The van der Waals surface area contributed by atoms with Gasteiger partial charge in [0.15, 0.2) is 6.04 Å².